The molecule has 0 amide bonds. The highest BCUT2D eigenvalue weighted by atomic mass is 16.5. The maximum Gasteiger partial charge on any atom is 0.251 e. The van der Waals surface area contributed by atoms with Crippen LogP contribution >= 0.6 is 0 Å². The topological polar surface area (TPSA) is 62.1 Å². The third-order valence-electron chi connectivity index (χ3n) is 5.79. The number of para-hydroxylation sites is 1. The number of ether oxygens (including phenoxy) is 2. The van der Waals surface area contributed by atoms with Gasteiger partial charge in [0.25, 0.3) is 6.71 Å². The molecular weight excluding hydrogens is 411 g/mol. The fourth-order valence-corrected chi connectivity index (χ4v) is 4.31. The van der Waals surface area contributed by atoms with Crippen LogP contribution < -0.4 is 25.9 Å². The van der Waals surface area contributed by atoms with Gasteiger partial charge in [-0.3, -0.25) is 0 Å². The van der Waals surface area contributed by atoms with Crippen molar-refractivity contribution in [2.24, 2.45) is 7.05 Å². The van der Waals surface area contributed by atoms with Crippen LogP contribution in [0.1, 0.15) is 0 Å². The maximum atomic E-state index is 6.26. The first kappa shape index (κ1) is 19.3. The lowest BCUT2D eigenvalue weighted by Gasteiger charge is -2.27. The van der Waals surface area contributed by atoms with Gasteiger partial charge in [-0.1, -0.05) is 54.0 Å². The minimum Gasteiger partial charge on any atom is -0.458 e. The van der Waals surface area contributed by atoms with Gasteiger partial charge in [-0.15, -0.1) is 0 Å². The van der Waals surface area contributed by atoms with Gasteiger partial charge in [0.2, 0.25) is 5.88 Å². The van der Waals surface area contributed by atoms with Crippen molar-refractivity contribution in [1.82, 2.24) is 19.7 Å². The standard InChI is InChI=1S/C26H19BN4O2/c1-31-26(29-17-30-31)18-7-6-8-19(15-18)27-21-9-2-3-10-23(21)33-24-13-12-20(16-22(24)27)32-25-11-4-5-14-28-25/h2-17H,1H3. The molecule has 0 saturated heterocycles. The second-order valence-electron chi connectivity index (χ2n) is 7.88. The van der Waals surface area contributed by atoms with Crippen molar-refractivity contribution in [3.8, 4) is 34.5 Å². The number of aromatic nitrogens is 4. The number of nitrogens with zero attached hydrogens (tertiary/aromatic N) is 4. The molecule has 3 heterocycles. The Labute approximate surface area is 191 Å². The van der Waals surface area contributed by atoms with E-state index in [4.69, 9.17) is 9.47 Å². The Kier molecular flexibility index (Phi) is 4.65. The van der Waals surface area contributed by atoms with Crippen molar-refractivity contribution in [3.63, 3.8) is 0 Å². The van der Waals surface area contributed by atoms with Gasteiger partial charge in [-0.05, 0) is 41.3 Å². The van der Waals surface area contributed by atoms with Crippen LogP contribution in [0.25, 0.3) is 11.4 Å². The van der Waals surface area contributed by atoms with Crippen LogP contribution in [-0.2, 0) is 7.05 Å². The zero-order valence-electron chi connectivity index (χ0n) is 17.9. The Morgan fingerprint density at radius 2 is 1.70 bits per heavy atom. The Morgan fingerprint density at radius 1 is 0.818 bits per heavy atom. The minimum absolute atomic E-state index is 0.0228. The highest BCUT2D eigenvalue weighted by molar-refractivity contribution is 6.97. The molecule has 1 aliphatic heterocycles. The molecule has 0 spiro atoms. The largest absolute Gasteiger partial charge is 0.458 e. The molecule has 0 atom stereocenters. The van der Waals surface area contributed by atoms with Crippen LogP contribution in [0.15, 0.2) is 97.5 Å². The normalized spacial score (nSPS) is 12.0. The SMILES string of the molecule is Cn1ncnc1-c1cccc(B2c3ccccc3Oc3ccc(Oc4ccccn4)cc32)c1. The van der Waals surface area contributed by atoms with E-state index < -0.39 is 0 Å². The maximum absolute atomic E-state index is 6.26. The molecule has 2 aromatic heterocycles. The van der Waals surface area contributed by atoms with Gasteiger partial charge in [0.05, 0.1) is 0 Å². The fourth-order valence-electron chi connectivity index (χ4n) is 4.31. The third-order valence-corrected chi connectivity index (χ3v) is 5.79. The molecule has 6 rings (SSSR count). The summed E-state index contributed by atoms with van der Waals surface area (Å²) in [4.78, 5) is 8.70. The van der Waals surface area contributed by atoms with Crippen molar-refractivity contribution >= 4 is 23.1 Å². The van der Waals surface area contributed by atoms with Crippen molar-refractivity contribution < 1.29 is 9.47 Å². The van der Waals surface area contributed by atoms with E-state index in [0.717, 1.165) is 39.3 Å². The summed E-state index contributed by atoms with van der Waals surface area (Å²) in [7, 11) is 1.90. The van der Waals surface area contributed by atoms with E-state index in [2.05, 4.69) is 45.4 Å². The van der Waals surface area contributed by atoms with E-state index in [0.29, 0.717) is 11.6 Å². The van der Waals surface area contributed by atoms with Gasteiger partial charge in [0.1, 0.15) is 23.6 Å². The summed E-state index contributed by atoms with van der Waals surface area (Å²) in [5.74, 6) is 3.76. The fraction of sp³-hybridized carbons (Fsp3) is 0.0385. The predicted octanol–water partition coefficient (Wildman–Crippen LogP) is 3.29. The lowest BCUT2D eigenvalue weighted by atomic mass is 9.35. The number of benzene rings is 3. The molecule has 0 aliphatic carbocycles. The van der Waals surface area contributed by atoms with E-state index in [1.807, 2.05) is 61.6 Å². The summed E-state index contributed by atoms with van der Waals surface area (Å²) in [6.45, 7) is -0.0228. The van der Waals surface area contributed by atoms with Gasteiger partial charge < -0.3 is 9.47 Å². The highest BCUT2D eigenvalue weighted by Gasteiger charge is 2.33. The number of hydrogen-bond donors (Lipinski definition) is 0. The molecule has 0 N–H and O–H groups in total. The number of aryl methyl sites for hydroxylation is 1. The van der Waals surface area contributed by atoms with Crippen LogP contribution in [0, 0.1) is 0 Å². The van der Waals surface area contributed by atoms with E-state index in [9.17, 15) is 0 Å². The third kappa shape index (κ3) is 3.53. The minimum atomic E-state index is -0.0228. The molecule has 6 nitrogen and oxygen atoms in total. The second kappa shape index (κ2) is 7.95. The zero-order chi connectivity index (χ0) is 22.2. The quantitative estimate of drug-likeness (QED) is 0.402. The number of fused-ring (bicyclic) bond motifs is 2. The van der Waals surface area contributed by atoms with Crippen molar-refractivity contribution in [2.45, 2.75) is 0 Å². The molecule has 0 radical (unpaired) electrons. The van der Waals surface area contributed by atoms with Crippen molar-refractivity contribution in [3.05, 3.63) is 97.5 Å². The lowest BCUT2D eigenvalue weighted by molar-refractivity contribution is 0.458. The number of hydrogen-bond acceptors (Lipinski definition) is 5. The van der Waals surface area contributed by atoms with Crippen molar-refractivity contribution in [2.75, 3.05) is 0 Å². The lowest BCUT2D eigenvalue weighted by Crippen LogP contribution is -2.54. The smallest absolute Gasteiger partial charge is 0.251 e. The van der Waals surface area contributed by atoms with Gasteiger partial charge in [0.15, 0.2) is 5.82 Å². The van der Waals surface area contributed by atoms with Gasteiger partial charge in [0, 0.05) is 24.9 Å². The number of pyridine rings is 1. The molecule has 3 aromatic carbocycles. The van der Waals surface area contributed by atoms with Crippen LogP contribution in [0.3, 0.4) is 0 Å². The molecule has 1 aliphatic rings. The Morgan fingerprint density at radius 3 is 2.55 bits per heavy atom. The van der Waals surface area contributed by atoms with Gasteiger partial charge >= 0.3 is 0 Å². The molecule has 0 unspecified atom stereocenters. The molecule has 158 valence electrons. The average molecular weight is 430 g/mol. The Bertz CT molecular complexity index is 1450. The predicted molar refractivity (Wildman–Crippen MR) is 128 cm³/mol. The summed E-state index contributed by atoms with van der Waals surface area (Å²) < 4.78 is 14.1. The number of rotatable bonds is 4. The first-order valence-electron chi connectivity index (χ1n) is 10.7. The Hall–Kier alpha value is -4.39. The van der Waals surface area contributed by atoms with E-state index in [1.54, 1.807) is 17.2 Å². The van der Waals surface area contributed by atoms with Gasteiger partial charge in [-0.25, -0.2) is 14.6 Å². The van der Waals surface area contributed by atoms with Crippen molar-refractivity contribution in [1.29, 1.82) is 0 Å². The second-order valence-corrected chi connectivity index (χ2v) is 7.88. The molecule has 0 fully saturated rings. The molecular formula is C26H19BN4O2. The summed E-state index contributed by atoms with van der Waals surface area (Å²) in [5, 5.41) is 4.22. The van der Waals surface area contributed by atoms with Crippen LogP contribution in [0.2, 0.25) is 0 Å². The first-order chi connectivity index (χ1) is 16.3. The van der Waals surface area contributed by atoms with Crippen LogP contribution in [0.4, 0.5) is 0 Å². The summed E-state index contributed by atoms with van der Waals surface area (Å²) in [6, 6.07) is 28.1. The molecule has 5 aromatic rings. The zero-order valence-corrected chi connectivity index (χ0v) is 17.9. The van der Waals surface area contributed by atoms with E-state index >= 15 is 0 Å². The first-order valence-corrected chi connectivity index (χ1v) is 10.7. The summed E-state index contributed by atoms with van der Waals surface area (Å²) >= 11 is 0. The average Bonchev–Trinajstić information content (AvgIpc) is 3.29. The van der Waals surface area contributed by atoms with Gasteiger partial charge in [-0.2, -0.15) is 5.10 Å². The summed E-state index contributed by atoms with van der Waals surface area (Å²) in [5.41, 5.74) is 4.30. The van der Waals surface area contributed by atoms with Crippen LogP contribution in [0.5, 0.6) is 23.1 Å². The summed E-state index contributed by atoms with van der Waals surface area (Å²) in [6.07, 6.45) is 3.29. The monoisotopic (exact) mass is 430 g/mol. The molecule has 0 saturated carbocycles. The Balaban J connectivity index is 1.48. The highest BCUT2D eigenvalue weighted by Crippen LogP contribution is 2.28. The van der Waals surface area contributed by atoms with E-state index in [-0.39, 0.29) is 6.71 Å². The van der Waals surface area contributed by atoms with Crippen LogP contribution in [-0.4, -0.2) is 26.5 Å². The van der Waals surface area contributed by atoms with E-state index in [1.165, 1.54) is 0 Å². The molecule has 33 heavy (non-hydrogen) atoms. The molecule has 0 bridgehead atoms. The molecule has 7 heteroatoms.